The summed E-state index contributed by atoms with van der Waals surface area (Å²) >= 11 is 0. The molecule has 0 saturated carbocycles. The molecule has 0 aliphatic carbocycles. The molecule has 0 saturated heterocycles. The molecule has 26 heavy (non-hydrogen) atoms. The number of carbonyl (C=O) groups is 2. The van der Waals surface area contributed by atoms with Crippen LogP contribution in [0.3, 0.4) is 0 Å². The molecule has 5 nitrogen and oxygen atoms in total. The van der Waals surface area contributed by atoms with E-state index >= 15 is 0 Å². The number of rotatable bonds is 9. The maximum absolute atomic E-state index is 12.2. The second-order valence-corrected chi connectivity index (χ2v) is 5.98. The van der Waals surface area contributed by atoms with Gasteiger partial charge in [-0.05, 0) is 31.4 Å². The van der Waals surface area contributed by atoms with Gasteiger partial charge in [0.1, 0.15) is 18.7 Å². The van der Waals surface area contributed by atoms with E-state index in [1.165, 1.54) is 0 Å². The molecule has 0 aliphatic heterocycles. The maximum Gasteiger partial charge on any atom is 0.323 e. The number of ether oxygens (including phenoxy) is 2. The van der Waals surface area contributed by atoms with E-state index in [0.717, 1.165) is 11.1 Å². The summed E-state index contributed by atoms with van der Waals surface area (Å²) in [6, 6.07) is 17.8. The lowest BCUT2D eigenvalue weighted by Crippen LogP contribution is -2.48. The number of benzene rings is 2. The summed E-state index contributed by atoms with van der Waals surface area (Å²) in [5.41, 5.74) is 1.90. The van der Waals surface area contributed by atoms with Crippen molar-refractivity contribution in [1.29, 1.82) is 0 Å². The van der Waals surface area contributed by atoms with Gasteiger partial charge in [-0.1, -0.05) is 60.7 Å². The van der Waals surface area contributed by atoms with E-state index in [-0.39, 0.29) is 12.6 Å². The fraction of sp³-hybridized carbons (Fsp3) is 0.333. The molecule has 2 aromatic rings. The van der Waals surface area contributed by atoms with Crippen molar-refractivity contribution < 1.29 is 19.1 Å². The van der Waals surface area contributed by atoms with Crippen molar-refractivity contribution in [3.8, 4) is 0 Å². The van der Waals surface area contributed by atoms with Crippen LogP contribution in [0.2, 0.25) is 0 Å². The van der Waals surface area contributed by atoms with E-state index in [4.69, 9.17) is 9.47 Å². The summed E-state index contributed by atoms with van der Waals surface area (Å²) in [5, 5.41) is 3.04. The number of hydrogen-bond acceptors (Lipinski definition) is 5. The van der Waals surface area contributed by atoms with E-state index in [1.807, 2.05) is 60.7 Å². The first kappa shape index (κ1) is 19.7. The van der Waals surface area contributed by atoms with Gasteiger partial charge in [-0.25, -0.2) is 0 Å². The van der Waals surface area contributed by atoms with Gasteiger partial charge < -0.3 is 9.47 Å². The van der Waals surface area contributed by atoms with Gasteiger partial charge in [-0.15, -0.1) is 0 Å². The molecule has 0 radical (unpaired) electrons. The zero-order chi connectivity index (χ0) is 18.8. The van der Waals surface area contributed by atoms with Gasteiger partial charge in [-0.3, -0.25) is 14.9 Å². The highest BCUT2D eigenvalue weighted by atomic mass is 16.5. The molecule has 0 heterocycles. The summed E-state index contributed by atoms with van der Waals surface area (Å²) in [6.07, 6.45) is 0.440. The Morgan fingerprint density at radius 2 is 1.46 bits per heavy atom. The van der Waals surface area contributed by atoms with Crippen LogP contribution in [0.15, 0.2) is 60.7 Å². The Kier molecular flexibility index (Phi) is 7.83. The van der Waals surface area contributed by atoms with E-state index in [1.54, 1.807) is 13.8 Å². The van der Waals surface area contributed by atoms with Crippen molar-refractivity contribution >= 4 is 11.9 Å². The lowest BCUT2D eigenvalue weighted by atomic mass is 10.1. The molecule has 0 amide bonds. The first-order valence-electron chi connectivity index (χ1n) is 8.77. The highest BCUT2D eigenvalue weighted by molar-refractivity contribution is 5.79. The van der Waals surface area contributed by atoms with Crippen molar-refractivity contribution in [3.05, 3.63) is 71.8 Å². The van der Waals surface area contributed by atoms with E-state index in [0.29, 0.717) is 13.0 Å². The molecule has 0 aliphatic rings. The zero-order valence-electron chi connectivity index (χ0n) is 15.2. The average Bonchev–Trinajstić information content (AvgIpc) is 2.67. The minimum Gasteiger partial charge on any atom is -0.465 e. The Hall–Kier alpha value is -2.66. The Labute approximate surface area is 154 Å². The van der Waals surface area contributed by atoms with E-state index < -0.39 is 18.1 Å². The first-order chi connectivity index (χ1) is 12.6. The predicted molar refractivity (Wildman–Crippen MR) is 99.4 cm³/mol. The van der Waals surface area contributed by atoms with E-state index in [2.05, 4.69) is 5.32 Å². The first-order valence-corrected chi connectivity index (χ1v) is 8.77. The van der Waals surface area contributed by atoms with Crippen molar-refractivity contribution in [1.82, 2.24) is 5.32 Å². The molecule has 0 fully saturated rings. The monoisotopic (exact) mass is 355 g/mol. The minimum absolute atomic E-state index is 0.203. The third-order valence-electron chi connectivity index (χ3n) is 3.88. The SMILES string of the molecule is CCOC(=O)C(Cc1ccccc1)N[C@@H](C)C(=O)OCc1ccccc1. The fourth-order valence-electron chi connectivity index (χ4n) is 2.53. The molecule has 2 atom stereocenters. The van der Waals surface area contributed by atoms with Gasteiger partial charge >= 0.3 is 11.9 Å². The molecule has 138 valence electrons. The number of carbonyl (C=O) groups excluding carboxylic acids is 2. The lowest BCUT2D eigenvalue weighted by molar-refractivity contribution is -0.149. The molecule has 2 rings (SSSR count). The summed E-state index contributed by atoms with van der Waals surface area (Å²) in [7, 11) is 0. The van der Waals surface area contributed by atoms with Gasteiger partial charge in [0.2, 0.25) is 0 Å². The van der Waals surface area contributed by atoms with Crippen LogP contribution in [0.25, 0.3) is 0 Å². The molecule has 0 aromatic heterocycles. The molecule has 1 N–H and O–H groups in total. The van der Waals surface area contributed by atoms with Crippen LogP contribution in [-0.4, -0.2) is 30.6 Å². The fourth-order valence-corrected chi connectivity index (χ4v) is 2.53. The Morgan fingerprint density at radius 1 is 0.885 bits per heavy atom. The second kappa shape index (κ2) is 10.4. The molecule has 5 heteroatoms. The smallest absolute Gasteiger partial charge is 0.323 e. The maximum atomic E-state index is 12.2. The molecular formula is C21H25NO4. The molecule has 0 spiro atoms. The summed E-state index contributed by atoms with van der Waals surface area (Å²) < 4.78 is 10.5. The third kappa shape index (κ3) is 6.33. The average molecular weight is 355 g/mol. The largest absolute Gasteiger partial charge is 0.465 e. The van der Waals surface area contributed by atoms with Gasteiger partial charge in [0, 0.05) is 0 Å². The number of esters is 2. The van der Waals surface area contributed by atoms with Gasteiger partial charge in [0.15, 0.2) is 0 Å². The third-order valence-corrected chi connectivity index (χ3v) is 3.88. The second-order valence-electron chi connectivity index (χ2n) is 5.98. The van der Waals surface area contributed by atoms with Crippen LogP contribution < -0.4 is 5.32 Å². The van der Waals surface area contributed by atoms with Crippen LogP contribution in [-0.2, 0) is 32.1 Å². The van der Waals surface area contributed by atoms with Crippen LogP contribution in [0.1, 0.15) is 25.0 Å². The Morgan fingerprint density at radius 3 is 2.04 bits per heavy atom. The minimum atomic E-state index is -0.628. The normalized spacial score (nSPS) is 12.8. The van der Waals surface area contributed by atoms with Gasteiger partial charge in [0.05, 0.1) is 6.61 Å². The van der Waals surface area contributed by atoms with E-state index in [9.17, 15) is 9.59 Å². The molecular weight excluding hydrogens is 330 g/mol. The highest BCUT2D eigenvalue weighted by Gasteiger charge is 2.25. The van der Waals surface area contributed by atoms with Gasteiger partial charge in [0.25, 0.3) is 0 Å². The lowest BCUT2D eigenvalue weighted by Gasteiger charge is -2.21. The standard InChI is InChI=1S/C21H25NO4/c1-3-25-21(24)19(14-17-10-6-4-7-11-17)22-16(2)20(23)26-15-18-12-8-5-9-13-18/h4-13,16,19,22H,3,14-15H2,1-2H3/t16-,19?/m0/s1. The Bertz CT molecular complexity index is 688. The molecule has 1 unspecified atom stereocenters. The number of nitrogens with one attached hydrogen (secondary N) is 1. The van der Waals surface area contributed by atoms with Crippen molar-refractivity contribution in [3.63, 3.8) is 0 Å². The summed E-state index contributed by atoms with van der Waals surface area (Å²) in [4.78, 5) is 24.5. The topological polar surface area (TPSA) is 64.6 Å². The number of hydrogen-bond donors (Lipinski definition) is 1. The van der Waals surface area contributed by atoms with Crippen molar-refractivity contribution in [2.45, 2.75) is 39.0 Å². The highest BCUT2D eigenvalue weighted by Crippen LogP contribution is 2.07. The molecule has 0 bridgehead atoms. The van der Waals surface area contributed by atoms with Crippen LogP contribution in [0.4, 0.5) is 0 Å². The Balaban J connectivity index is 1.94. The summed E-state index contributed by atoms with van der Waals surface area (Å²) in [6.45, 7) is 3.94. The zero-order valence-corrected chi connectivity index (χ0v) is 15.2. The predicted octanol–water partition coefficient (Wildman–Crippen LogP) is 2.88. The van der Waals surface area contributed by atoms with Crippen LogP contribution in [0.5, 0.6) is 0 Å². The van der Waals surface area contributed by atoms with Gasteiger partial charge in [-0.2, -0.15) is 0 Å². The van der Waals surface area contributed by atoms with Crippen molar-refractivity contribution in [2.75, 3.05) is 6.61 Å². The molecule has 2 aromatic carbocycles. The van der Waals surface area contributed by atoms with Crippen LogP contribution >= 0.6 is 0 Å². The summed E-state index contributed by atoms with van der Waals surface area (Å²) in [5.74, 6) is -0.782. The quantitative estimate of drug-likeness (QED) is 0.701. The van der Waals surface area contributed by atoms with Crippen molar-refractivity contribution in [2.24, 2.45) is 0 Å². The van der Waals surface area contributed by atoms with Crippen LogP contribution in [0, 0.1) is 0 Å².